The van der Waals surface area contributed by atoms with E-state index in [9.17, 15) is 13.2 Å². The van der Waals surface area contributed by atoms with Crippen molar-refractivity contribution in [2.24, 2.45) is 9.98 Å². The molecule has 0 aliphatic carbocycles. The molecule has 0 saturated carbocycles. The van der Waals surface area contributed by atoms with E-state index in [2.05, 4.69) is 20.0 Å². The maximum atomic E-state index is 12.7. The summed E-state index contributed by atoms with van der Waals surface area (Å²) < 4.78 is 38.0. The number of aromatic nitrogens is 2. The van der Waals surface area contributed by atoms with E-state index in [4.69, 9.17) is 23.2 Å². The summed E-state index contributed by atoms with van der Waals surface area (Å²) in [5, 5.41) is 0.0406. The third-order valence-electron chi connectivity index (χ3n) is 2.74. The first-order valence-corrected chi connectivity index (χ1v) is 6.65. The molecule has 0 unspecified atom stereocenters. The van der Waals surface area contributed by atoms with Crippen molar-refractivity contribution in [3.63, 3.8) is 0 Å². The maximum Gasteiger partial charge on any atom is 0.434 e. The molecule has 4 nitrogen and oxygen atoms in total. The van der Waals surface area contributed by atoms with Crippen LogP contribution in [0.25, 0.3) is 0 Å². The Kier molecular flexibility index (Phi) is 4.63. The van der Waals surface area contributed by atoms with Gasteiger partial charge < -0.3 is 0 Å². The highest BCUT2D eigenvalue weighted by Gasteiger charge is 2.33. The highest BCUT2D eigenvalue weighted by Crippen LogP contribution is 2.28. The number of halogens is 5. The van der Waals surface area contributed by atoms with Crippen LogP contribution in [0.3, 0.4) is 0 Å². The second-order valence-corrected chi connectivity index (χ2v) is 4.85. The summed E-state index contributed by atoms with van der Waals surface area (Å²) in [7, 11) is 0. The fourth-order valence-corrected chi connectivity index (χ4v) is 2.18. The first-order valence-electron chi connectivity index (χ1n) is 5.90. The highest BCUT2D eigenvalue weighted by atomic mass is 35.5. The Labute approximate surface area is 128 Å². The lowest BCUT2D eigenvalue weighted by Crippen LogP contribution is -2.14. The maximum absolute atomic E-state index is 12.7. The molecule has 112 valence electrons. The van der Waals surface area contributed by atoms with Crippen LogP contribution in [0.15, 0.2) is 33.1 Å². The lowest BCUT2D eigenvalue weighted by atomic mass is 10.1. The molecule has 2 rings (SSSR count). The van der Waals surface area contributed by atoms with E-state index >= 15 is 0 Å². The van der Waals surface area contributed by atoms with Crippen LogP contribution in [-0.4, -0.2) is 21.0 Å². The van der Waals surface area contributed by atoms with Gasteiger partial charge in [0.2, 0.25) is 5.29 Å². The summed E-state index contributed by atoms with van der Waals surface area (Å²) in [6, 6.07) is 0. The summed E-state index contributed by atoms with van der Waals surface area (Å²) in [4.78, 5) is 14.9. The van der Waals surface area contributed by atoms with Gasteiger partial charge in [-0.15, -0.1) is 0 Å². The Morgan fingerprint density at radius 3 is 2.52 bits per heavy atom. The number of amidine groups is 1. The van der Waals surface area contributed by atoms with Gasteiger partial charge in [0, 0.05) is 6.42 Å². The Balaban J connectivity index is 2.45. The Hall–Kier alpha value is -1.47. The van der Waals surface area contributed by atoms with Crippen molar-refractivity contribution in [2.75, 3.05) is 0 Å². The number of aliphatic imine (C=N–C) groups is 2. The van der Waals surface area contributed by atoms with Gasteiger partial charge in [-0.1, -0.05) is 18.5 Å². The smallest absolute Gasteiger partial charge is 0.260 e. The second-order valence-electron chi connectivity index (χ2n) is 4.15. The van der Waals surface area contributed by atoms with E-state index in [0.717, 1.165) is 0 Å². The lowest BCUT2D eigenvalue weighted by molar-refractivity contribution is -0.141. The fourth-order valence-electron chi connectivity index (χ4n) is 1.67. The van der Waals surface area contributed by atoms with Crippen LogP contribution in [0, 0.1) is 0 Å². The largest absolute Gasteiger partial charge is 0.434 e. The van der Waals surface area contributed by atoms with E-state index in [1.54, 1.807) is 0 Å². The summed E-state index contributed by atoms with van der Waals surface area (Å²) >= 11 is 11.7. The summed E-state index contributed by atoms with van der Waals surface area (Å²) in [6.45, 7) is 1.85. The topological polar surface area (TPSA) is 50.5 Å². The molecule has 1 aromatic rings. The van der Waals surface area contributed by atoms with Gasteiger partial charge >= 0.3 is 6.18 Å². The molecule has 0 spiro atoms. The van der Waals surface area contributed by atoms with Crippen molar-refractivity contribution in [1.82, 2.24) is 9.97 Å². The monoisotopic (exact) mass is 336 g/mol. The van der Waals surface area contributed by atoms with Crippen molar-refractivity contribution >= 4 is 34.2 Å². The molecule has 0 fully saturated rings. The molecule has 0 atom stereocenters. The first-order chi connectivity index (χ1) is 9.81. The number of allylic oxidation sites excluding steroid dienone is 1. The third-order valence-corrected chi connectivity index (χ3v) is 3.26. The van der Waals surface area contributed by atoms with Gasteiger partial charge in [0.25, 0.3) is 0 Å². The van der Waals surface area contributed by atoms with Crippen LogP contribution in [0.4, 0.5) is 13.2 Å². The van der Waals surface area contributed by atoms with Crippen LogP contribution in [0.1, 0.15) is 31.2 Å². The normalized spacial score (nSPS) is 16.5. The summed E-state index contributed by atoms with van der Waals surface area (Å²) in [5.74, 6) is 0. The van der Waals surface area contributed by atoms with Gasteiger partial charge in [-0.2, -0.15) is 13.2 Å². The second kappa shape index (κ2) is 6.11. The van der Waals surface area contributed by atoms with Crippen LogP contribution in [-0.2, 0) is 6.18 Å². The summed E-state index contributed by atoms with van der Waals surface area (Å²) in [5.41, 5.74) is -0.135. The minimum absolute atomic E-state index is 0.00417. The number of rotatable bonds is 2. The van der Waals surface area contributed by atoms with Crippen LogP contribution < -0.4 is 0 Å². The number of nitrogens with zero attached hydrogens (tertiary/aromatic N) is 4. The SMILES string of the molecule is CCC1=C(Cl)N=C(Cl)N=C(c2cncc(C(F)(F)F)n2)C1. The van der Waals surface area contributed by atoms with E-state index < -0.39 is 11.9 Å². The molecule has 0 radical (unpaired) electrons. The minimum Gasteiger partial charge on any atom is -0.260 e. The zero-order valence-corrected chi connectivity index (χ0v) is 12.3. The molecule has 1 aromatic heterocycles. The van der Waals surface area contributed by atoms with Crippen molar-refractivity contribution < 1.29 is 13.2 Å². The number of hydrogen-bond acceptors (Lipinski definition) is 4. The predicted molar refractivity (Wildman–Crippen MR) is 74.6 cm³/mol. The standard InChI is InChI=1S/C12H9Cl2F3N4/c1-2-6-3-7(20-11(14)21-10(6)13)8-4-18-5-9(19-8)12(15,16)17/h4-5H,2-3H2,1H3. The van der Waals surface area contributed by atoms with Gasteiger partial charge in [0.05, 0.1) is 18.1 Å². The fraction of sp³-hybridized carbons (Fsp3) is 0.333. The summed E-state index contributed by atoms with van der Waals surface area (Å²) in [6.07, 6.45) is -1.94. The predicted octanol–water partition coefficient (Wildman–Crippen LogP) is 4.14. The molecule has 2 heterocycles. The van der Waals surface area contributed by atoms with E-state index in [-0.39, 0.29) is 28.3 Å². The van der Waals surface area contributed by atoms with Gasteiger partial charge in [-0.25, -0.2) is 15.0 Å². The third kappa shape index (κ3) is 3.79. The Morgan fingerprint density at radius 1 is 1.19 bits per heavy atom. The van der Waals surface area contributed by atoms with E-state index in [0.29, 0.717) is 18.2 Å². The van der Waals surface area contributed by atoms with Crippen molar-refractivity contribution in [3.05, 3.63) is 34.5 Å². The van der Waals surface area contributed by atoms with Crippen molar-refractivity contribution in [3.8, 4) is 0 Å². The molecule has 0 N–H and O–H groups in total. The Bertz CT molecular complexity index is 650. The number of alkyl halides is 3. The van der Waals surface area contributed by atoms with Crippen LogP contribution in [0.2, 0.25) is 0 Å². The molecule has 0 amide bonds. The van der Waals surface area contributed by atoms with Crippen LogP contribution in [0.5, 0.6) is 0 Å². The highest BCUT2D eigenvalue weighted by molar-refractivity contribution is 6.66. The van der Waals surface area contributed by atoms with Gasteiger partial charge in [0.1, 0.15) is 10.9 Å². The molecule has 21 heavy (non-hydrogen) atoms. The minimum atomic E-state index is -4.58. The molecule has 9 heteroatoms. The van der Waals surface area contributed by atoms with Gasteiger partial charge in [-0.3, -0.25) is 4.98 Å². The molecule has 1 aliphatic heterocycles. The zero-order chi connectivity index (χ0) is 15.6. The quantitative estimate of drug-likeness (QED) is 0.762. The number of hydrogen-bond donors (Lipinski definition) is 0. The average molecular weight is 337 g/mol. The average Bonchev–Trinajstić information content (AvgIpc) is 2.56. The van der Waals surface area contributed by atoms with Crippen molar-refractivity contribution in [2.45, 2.75) is 25.9 Å². The van der Waals surface area contributed by atoms with Gasteiger partial charge in [0.15, 0.2) is 5.69 Å². The van der Waals surface area contributed by atoms with E-state index in [1.807, 2.05) is 6.92 Å². The molecule has 0 aromatic carbocycles. The van der Waals surface area contributed by atoms with Gasteiger partial charge in [-0.05, 0) is 23.6 Å². The lowest BCUT2D eigenvalue weighted by Gasteiger charge is -2.09. The van der Waals surface area contributed by atoms with Crippen LogP contribution >= 0.6 is 23.2 Å². The molecular formula is C12H9Cl2F3N4. The van der Waals surface area contributed by atoms with E-state index in [1.165, 1.54) is 6.20 Å². The molecular weight excluding hydrogens is 328 g/mol. The van der Waals surface area contributed by atoms with Crippen molar-refractivity contribution in [1.29, 1.82) is 0 Å². The molecule has 0 saturated heterocycles. The Morgan fingerprint density at radius 2 is 1.90 bits per heavy atom. The molecule has 0 bridgehead atoms. The zero-order valence-electron chi connectivity index (χ0n) is 10.7. The molecule has 1 aliphatic rings. The first kappa shape index (κ1) is 15.9.